The lowest BCUT2D eigenvalue weighted by Gasteiger charge is -2.20. The number of nitrogens with zero attached hydrogens (tertiary/aromatic N) is 1. The molecule has 0 amide bonds. The van der Waals surface area contributed by atoms with Crippen LogP contribution in [-0.4, -0.2) is 37.2 Å². The van der Waals surface area contributed by atoms with E-state index in [4.69, 9.17) is 4.74 Å². The molecule has 0 unspecified atom stereocenters. The molecule has 0 bridgehead atoms. The second-order valence-electron chi connectivity index (χ2n) is 6.36. The van der Waals surface area contributed by atoms with Gasteiger partial charge in [-0.05, 0) is 43.0 Å². The molecule has 1 N–H and O–H groups in total. The van der Waals surface area contributed by atoms with Crippen molar-refractivity contribution in [2.45, 2.75) is 46.2 Å². The number of benzene rings is 1. The summed E-state index contributed by atoms with van der Waals surface area (Å²) in [5.41, 5.74) is 1.31. The molecule has 0 atom stereocenters. The van der Waals surface area contributed by atoms with Crippen LogP contribution in [0.3, 0.4) is 0 Å². The standard InChI is InChI=1S/C18H30N2O/c1-4-20(14-17-5-6-17)11-12-21-18-9-7-16(8-10-18)13-19-15(2)3/h7-10,15,17,19H,4-6,11-14H2,1-3H3. The SMILES string of the molecule is CCN(CCOc1ccc(CNC(C)C)cc1)CC1CC1. The van der Waals surface area contributed by atoms with Crippen LogP contribution in [0.15, 0.2) is 24.3 Å². The molecule has 1 fully saturated rings. The second kappa shape index (κ2) is 8.40. The Morgan fingerprint density at radius 2 is 1.95 bits per heavy atom. The van der Waals surface area contributed by atoms with Gasteiger partial charge >= 0.3 is 0 Å². The largest absolute Gasteiger partial charge is 0.492 e. The minimum atomic E-state index is 0.521. The normalized spacial score (nSPS) is 14.9. The molecule has 0 radical (unpaired) electrons. The fourth-order valence-electron chi connectivity index (χ4n) is 2.36. The van der Waals surface area contributed by atoms with E-state index in [0.29, 0.717) is 6.04 Å². The van der Waals surface area contributed by atoms with Crippen molar-refractivity contribution in [1.29, 1.82) is 0 Å². The first-order valence-electron chi connectivity index (χ1n) is 8.35. The van der Waals surface area contributed by atoms with Crippen molar-refractivity contribution in [2.24, 2.45) is 5.92 Å². The molecule has 1 saturated carbocycles. The van der Waals surface area contributed by atoms with Crippen LogP contribution < -0.4 is 10.1 Å². The Morgan fingerprint density at radius 3 is 2.52 bits per heavy atom. The van der Waals surface area contributed by atoms with Gasteiger partial charge in [-0.1, -0.05) is 32.9 Å². The lowest BCUT2D eigenvalue weighted by Crippen LogP contribution is -2.30. The molecule has 0 spiro atoms. The average molecular weight is 290 g/mol. The minimum absolute atomic E-state index is 0.521. The van der Waals surface area contributed by atoms with Gasteiger partial charge in [0.05, 0.1) is 0 Å². The fourth-order valence-corrected chi connectivity index (χ4v) is 2.36. The molecule has 0 aromatic heterocycles. The molecule has 1 aromatic rings. The van der Waals surface area contributed by atoms with Gasteiger partial charge < -0.3 is 10.1 Å². The number of ether oxygens (including phenoxy) is 1. The maximum Gasteiger partial charge on any atom is 0.119 e. The monoisotopic (exact) mass is 290 g/mol. The summed E-state index contributed by atoms with van der Waals surface area (Å²) in [4.78, 5) is 2.50. The first kappa shape index (κ1) is 16.3. The second-order valence-corrected chi connectivity index (χ2v) is 6.36. The number of rotatable bonds is 10. The molecule has 21 heavy (non-hydrogen) atoms. The van der Waals surface area contributed by atoms with Crippen molar-refractivity contribution >= 4 is 0 Å². The Hall–Kier alpha value is -1.06. The van der Waals surface area contributed by atoms with Gasteiger partial charge in [0.25, 0.3) is 0 Å². The van der Waals surface area contributed by atoms with Crippen LogP contribution in [0.1, 0.15) is 39.2 Å². The molecular formula is C18H30N2O. The van der Waals surface area contributed by atoms with E-state index in [1.54, 1.807) is 0 Å². The van der Waals surface area contributed by atoms with E-state index in [1.165, 1.54) is 24.9 Å². The number of nitrogens with one attached hydrogen (secondary N) is 1. The number of hydrogen-bond acceptors (Lipinski definition) is 3. The van der Waals surface area contributed by atoms with E-state index >= 15 is 0 Å². The highest BCUT2D eigenvalue weighted by Crippen LogP contribution is 2.29. The van der Waals surface area contributed by atoms with Crippen molar-refractivity contribution in [3.05, 3.63) is 29.8 Å². The quantitative estimate of drug-likeness (QED) is 0.715. The Bertz CT molecular complexity index is 398. The van der Waals surface area contributed by atoms with Gasteiger partial charge in [0, 0.05) is 25.7 Å². The van der Waals surface area contributed by atoms with Gasteiger partial charge in [0.1, 0.15) is 12.4 Å². The third-order valence-electron chi connectivity index (χ3n) is 3.97. The Balaban J connectivity index is 1.67. The van der Waals surface area contributed by atoms with Crippen LogP contribution in [0.4, 0.5) is 0 Å². The summed E-state index contributed by atoms with van der Waals surface area (Å²) < 4.78 is 5.86. The van der Waals surface area contributed by atoms with Crippen LogP contribution in [0, 0.1) is 5.92 Å². The van der Waals surface area contributed by atoms with E-state index in [-0.39, 0.29) is 0 Å². The molecule has 1 aromatic carbocycles. The molecule has 0 heterocycles. The third-order valence-corrected chi connectivity index (χ3v) is 3.97. The summed E-state index contributed by atoms with van der Waals surface area (Å²) in [6.07, 6.45) is 2.84. The summed E-state index contributed by atoms with van der Waals surface area (Å²) in [7, 11) is 0. The van der Waals surface area contributed by atoms with Crippen LogP contribution in [-0.2, 0) is 6.54 Å². The smallest absolute Gasteiger partial charge is 0.119 e. The highest BCUT2D eigenvalue weighted by molar-refractivity contribution is 5.27. The first-order valence-corrected chi connectivity index (χ1v) is 8.35. The van der Waals surface area contributed by atoms with Crippen LogP contribution in [0.2, 0.25) is 0 Å². The van der Waals surface area contributed by atoms with Crippen molar-refractivity contribution in [2.75, 3.05) is 26.2 Å². The van der Waals surface area contributed by atoms with E-state index < -0.39 is 0 Å². The molecule has 0 saturated heterocycles. The summed E-state index contributed by atoms with van der Waals surface area (Å²) in [6.45, 7) is 11.7. The average Bonchev–Trinajstić information content (AvgIpc) is 3.29. The summed E-state index contributed by atoms with van der Waals surface area (Å²) in [5, 5.41) is 3.42. The zero-order valence-corrected chi connectivity index (χ0v) is 13.8. The number of hydrogen-bond donors (Lipinski definition) is 1. The first-order chi connectivity index (χ1) is 10.2. The van der Waals surface area contributed by atoms with Crippen LogP contribution >= 0.6 is 0 Å². The van der Waals surface area contributed by atoms with Gasteiger partial charge in [-0.25, -0.2) is 0 Å². The highest BCUT2D eigenvalue weighted by atomic mass is 16.5. The predicted molar refractivity (Wildman–Crippen MR) is 88.8 cm³/mol. The van der Waals surface area contributed by atoms with Gasteiger partial charge in [-0.15, -0.1) is 0 Å². The van der Waals surface area contributed by atoms with Crippen LogP contribution in [0.25, 0.3) is 0 Å². The van der Waals surface area contributed by atoms with E-state index in [0.717, 1.165) is 37.9 Å². The minimum Gasteiger partial charge on any atom is -0.492 e. The molecule has 1 aliphatic carbocycles. The molecule has 118 valence electrons. The van der Waals surface area contributed by atoms with Gasteiger partial charge in [0.2, 0.25) is 0 Å². The summed E-state index contributed by atoms with van der Waals surface area (Å²) >= 11 is 0. The fraction of sp³-hybridized carbons (Fsp3) is 0.667. The Labute approximate surface area is 129 Å². The molecule has 0 aliphatic heterocycles. The molecular weight excluding hydrogens is 260 g/mol. The molecule has 2 rings (SSSR count). The Kier molecular flexibility index (Phi) is 6.52. The zero-order valence-electron chi connectivity index (χ0n) is 13.8. The maximum absolute atomic E-state index is 5.86. The maximum atomic E-state index is 5.86. The summed E-state index contributed by atoms with van der Waals surface area (Å²) in [6, 6.07) is 8.97. The predicted octanol–water partition coefficient (Wildman–Crippen LogP) is 3.30. The zero-order chi connectivity index (χ0) is 15.1. The topological polar surface area (TPSA) is 24.5 Å². The third kappa shape index (κ3) is 6.49. The van der Waals surface area contributed by atoms with Gasteiger partial charge in [-0.2, -0.15) is 0 Å². The van der Waals surface area contributed by atoms with Crippen molar-refractivity contribution in [1.82, 2.24) is 10.2 Å². The van der Waals surface area contributed by atoms with E-state index in [2.05, 4.69) is 55.3 Å². The van der Waals surface area contributed by atoms with Gasteiger partial charge in [-0.3, -0.25) is 4.90 Å². The van der Waals surface area contributed by atoms with E-state index in [1.807, 2.05) is 0 Å². The molecule has 1 aliphatic rings. The molecule has 3 nitrogen and oxygen atoms in total. The van der Waals surface area contributed by atoms with Gasteiger partial charge in [0.15, 0.2) is 0 Å². The molecule has 3 heteroatoms. The van der Waals surface area contributed by atoms with Crippen molar-refractivity contribution < 1.29 is 4.74 Å². The lowest BCUT2D eigenvalue weighted by molar-refractivity contribution is 0.210. The van der Waals surface area contributed by atoms with E-state index in [9.17, 15) is 0 Å². The highest BCUT2D eigenvalue weighted by Gasteiger charge is 2.23. The Morgan fingerprint density at radius 1 is 1.24 bits per heavy atom. The lowest BCUT2D eigenvalue weighted by atomic mass is 10.2. The van der Waals surface area contributed by atoms with Crippen molar-refractivity contribution in [3.63, 3.8) is 0 Å². The number of likely N-dealkylation sites (N-methyl/N-ethyl adjacent to an activating group) is 1. The van der Waals surface area contributed by atoms with Crippen LogP contribution in [0.5, 0.6) is 5.75 Å². The van der Waals surface area contributed by atoms with Crippen molar-refractivity contribution in [3.8, 4) is 5.75 Å². The summed E-state index contributed by atoms with van der Waals surface area (Å²) in [5.74, 6) is 1.93.